The predicted molar refractivity (Wildman–Crippen MR) is 116 cm³/mol. The number of aliphatic hydroxyl groups is 1. The molecule has 2 atom stereocenters. The third-order valence-corrected chi connectivity index (χ3v) is 7.10. The number of thiazole rings is 1. The third kappa shape index (κ3) is 3.32. The molecular formula is C21H21N5OS2. The summed E-state index contributed by atoms with van der Waals surface area (Å²) >= 11 is 3.33. The van der Waals surface area contributed by atoms with Crippen molar-refractivity contribution in [3.63, 3.8) is 0 Å². The number of thiophene rings is 1. The summed E-state index contributed by atoms with van der Waals surface area (Å²) in [7, 11) is 0. The van der Waals surface area contributed by atoms with Crippen molar-refractivity contribution in [3.05, 3.63) is 63.6 Å². The van der Waals surface area contributed by atoms with E-state index >= 15 is 0 Å². The number of aromatic nitrogens is 4. The van der Waals surface area contributed by atoms with Gasteiger partial charge in [0.15, 0.2) is 11.6 Å². The van der Waals surface area contributed by atoms with Crippen molar-refractivity contribution in [1.82, 2.24) is 24.6 Å². The summed E-state index contributed by atoms with van der Waals surface area (Å²) in [6.45, 7) is 5.50. The van der Waals surface area contributed by atoms with Crippen LogP contribution in [0.15, 0.2) is 47.2 Å². The molecule has 6 nitrogen and oxygen atoms in total. The van der Waals surface area contributed by atoms with Crippen LogP contribution in [0, 0.1) is 6.92 Å². The van der Waals surface area contributed by atoms with Gasteiger partial charge in [0.1, 0.15) is 11.9 Å². The molecule has 1 aliphatic heterocycles. The molecule has 1 aromatic carbocycles. The molecule has 1 unspecified atom stereocenters. The molecule has 0 saturated carbocycles. The van der Waals surface area contributed by atoms with E-state index in [1.807, 2.05) is 24.4 Å². The standard InChI is InChI=1S/C21H21N5OS2/c1-13-19-23-24-20(17-12-29-14(2)22-17)26(19)10-9-25(13)21(27)16-7-5-15(6-8-16)18-4-3-11-28-18/h3-8,11-13,21,27H,9-10H2,1-2H3/t13-,21?/m1/s1. The summed E-state index contributed by atoms with van der Waals surface area (Å²) in [6, 6.07) is 12.3. The number of fused-ring (bicyclic) bond motifs is 1. The maximum absolute atomic E-state index is 11.1. The zero-order chi connectivity index (χ0) is 20.0. The number of aliphatic hydroxyl groups excluding tert-OH is 1. The first-order valence-electron chi connectivity index (χ1n) is 9.55. The van der Waals surface area contributed by atoms with E-state index in [0.29, 0.717) is 0 Å². The number of hydrogen-bond donors (Lipinski definition) is 1. The minimum absolute atomic E-state index is 0.0447. The maximum Gasteiger partial charge on any atom is 0.183 e. The topological polar surface area (TPSA) is 67.1 Å². The van der Waals surface area contributed by atoms with E-state index < -0.39 is 6.23 Å². The molecule has 4 aromatic rings. The Morgan fingerprint density at radius 1 is 1.10 bits per heavy atom. The fourth-order valence-corrected chi connectivity index (χ4v) is 5.17. The van der Waals surface area contributed by atoms with Gasteiger partial charge in [-0.3, -0.25) is 4.90 Å². The second-order valence-corrected chi connectivity index (χ2v) is 9.18. The maximum atomic E-state index is 11.1. The largest absolute Gasteiger partial charge is 0.374 e. The second-order valence-electron chi connectivity index (χ2n) is 7.17. The molecule has 5 rings (SSSR count). The average Bonchev–Trinajstić information content (AvgIpc) is 3.48. The van der Waals surface area contributed by atoms with Crippen molar-refractivity contribution in [3.8, 4) is 22.0 Å². The minimum atomic E-state index is -0.683. The van der Waals surface area contributed by atoms with Crippen LogP contribution in [0.3, 0.4) is 0 Å². The summed E-state index contributed by atoms with van der Waals surface area (Å²) in [5.74, 6) is 1.68. The molecule has 0 amide bonds. The van der Waals surface area contributed by atoms with E-state index in [1.54, 1.807) is 22.7 Å². The van der Waals surface area contributed by atoms with Gasteiger partial charge in [-0.1, -0.05) is 30.3 Å². The number of aryl methyl sites for hydroxylation is 1. The Kier molecular flexibility index (Phi) is 4.79. The molecule has 3 aromatic heterocycles. The van der Waals surface area contributed by atoms with Gasteiger partial charge >= 0.3 is 0 Å². The van der Waals surface area contributed by atoms with E-state index in [9.17, 15) is 5.11 Å². The zero-order valence-corrected chi connectivity index (χ0v) is 17.8. The lowest BCUT2D eigenvalue weighted by Gasteiger charge is -2.37. The Balaban J connectivity index is 1.38. The van der Waals surface area contributed by atoms with Gasteiger partial charge in [-0.15, -0.1) is 32.9 Å². The summed E-state index contributed by atoms with van der Waals surface area (Å²) in [4.78, 5) is 7.85. The molecule has 1 N–H and O–H groups in total. The Hall–Kier alpha value is -2.39. The molecule has 148 valence electrons. The van der Waals surface area contributed by atoms with Crippen LogP contribution in [0.5, 0.6) is 0 Å². The van der Waals surface area contributed by atoms with Crippen molar-refractivity contribution in [1.29, 1.82) is 0 Å². The van der Waals surface area contributed by atoms with Gasteiger partial charge in [-0.25, -0.2) is 4.98 Å². The van der Waals surface area contributed by atoms with Crippen LogP contribution in [0.4, 0.5) is 0 Å². The van der Waals surface area contributed by atoms with Crippen molar-refractivity contribution in [2.45, 2.75) is 32.7 Å². The van der Waals surface area contributed by atoms with Crippen LogP contribution in [-0.4, -0.2) is 36.3 Å². The van der Waals surface area contributed by atoms with Gasteiger partial charge in [0, 0.05) is 23.3 Å². The third-order valence-electron chi connectivity index (χ3n) is 5.41. The van der Waals surface area contributed by atoms with Gasteiger partial charge in [-0.05, 0) is 36.4 Å². The first kappa shape index (κ1) is 18.6. The molecule has 0 radical (unpaired) electrons. The summed E-state index contributed by atoms with van der Waals surface area (Å²) in [5, 5.41) is 25.0. The highest BCUT2D eigenvalue weighted by Crippen LogP contribution is 2.34. The molecule has 0 saturated heterocycles. The number of nitrogens with zero attached hydrogens (tertiary/aromatic N) is 5. The summed E-state index contributed by atoms with van der Waals surface area (Å²) in [5.41, 5.74) is 2.93. The van der Waals surface area contributed by atoms with Gasteiger partial charge in [-0.2, -0.15) is 0 Å². The monoisotopic (exact) mass is 423 g/mol. The van der Waals surface area contributed by atoms with Crippen molar-refractivity contribution in [2.24, 2.45) is 0 Å². The van der Waals surface area contributed by atoms with Crippen LogP contribution in [0.25, 0.3) is 22.0 Å². The van der Waals surface area contributed by atoms with Crippen molar-refractivity contribution < 1.29 is 5.11 Å². The molecule has 29 heavy (non-hydrogen) atoms. The van der Waals surface area contributed by atoms with Crippen LogP contribution >= 0.6 is 22.7 Å². The van der Waals surface area contributed by atoms with E-state index in [-0.39, 0.29) is 6.04 Å². The quantitative estimate of drug-likeness (QED) is 0.523. The van der Waals surface area contributed by atoms with Crippen LogP contribution < -0.4 is 0 Å². The first-order valence-corrected chi connectivity index (χ1v) is 11.3. The van der Waals surface area contributed by atoms with Crippen molar-refractivity contribution in [2.75, 3.05) is 6.54 Å². The minimum Gasteiger partial charge on any atom is -0.374 e. The lowest BCUT2D eigenvalue weighted by molar-refractivity contribution is -0.0380. The Bertz CT molecular complexity index is 1120. The zero-order valence-electron chi connectivity index (χ0n) is 16.2. The van der Waals surface area contributed by atoms with Crippen LogP contribution in [-0.2, 0) is 6.54 Å². The Morgan fingerprint density at radius 3 is 2.62 bits per heavy atom. The van der Waals surface area contributed by atoms with Crippen LogP contribution in [0.2, 0.25) is 0 Å². The molecular weight excluding hydrogens is 402 g/mol. The number of benzene rings is 1. The Labute approximate surface area is 177 Å². The van der Waals surface area contributed by atoms with E-state index in [0.717, 1.165) is 41.0 Å². The lowest BCUT2D eigenvalue weighted by atomic mass is 10.1. The highest BCUT2D eigenvalue weighted by Gasteiger charge is 2.33. The molecule has 0 fully saturated rings. The molecule has 0 spiro atoms. The smallest absolute Gasteiger partial charge is 0.183 e. The highest BCUT2D eigenvalue weighted by molar-refractivity contribution is 7.13. The van der Waals surface area contributed by atoms with E-state index in [4.69, 9.17) is 0 Å². The summed E-state index contributed by atoms with van der Waals surface area (Å²) in [6.07, 6.45) is -0.683. The van der Waals surface area contributed by atoms with E-state index in [1.165, 1.54) is 10.4 Å². The number of hydrogen-bond acceptors (Lipinski definition) is 7. The lowest BCUT2D eigenvalue weighted by Crippen LogP contribution is -2.39. The molecule has 0 bridgehead atoms. The van der Waals surface area contributed by atoms with Crippen molar-refractivity contribution >= 4 is 22.7 Å². The Morgan fingerprint density at radius 2 is 1.93 bits per heavy atom. The fourth-order valence-electron chi connectivity index (χ4n) is 3.85. The first-order chi connectivity index (χ1) is 14.1. The SMILES string of the molecule is Cc1nc(-c2nnc3n2CCN(C(O)c2ccc(-c4cccs4)cc2)[C@@H]3C)cs1. The summed E-state index contributed by atoms with van der Waals surface area (Å²) < 4.78 is 2.13. The van der Waals surface area contributed by atoms with E-state index in [2.05, 4.69) is 61.2 Å². The normalized spacial score (nSPS) is 18.0. The second kappa shape index (κ2) is 7.46. The molecule has 8 heteroatoms. The van der Waals surface area contributed by atoms with Gasteiger partial charge in [0.2, 0.25) is 0 Å². The fraction of sp³-hybridized carbons (Fsp3) is 0.286. The van der Waals surface area contributed by atoms with Gasteiger partial charge < -0.3 is 9.67 Å². The predicted octanol–water partition coefficient (Wildman–Crippen LogP) is 4.51. The van der Waals surface area contributed by atoms with Gasteiger partial charge in [0.05, 0.1) is 11.0 Å². The van der Waals surface area contributed by atoms with Gasteiger partial charge in [0.25, 0.3) is 0 Å². The molecule has 1 aliphatic rings. The molecule has 4 heterocycles. The highest BCUT2D eigenvalue weighted by atomic mass is 32.1. The van der Waals surface area contributed by atoms with Crippen LogP contribution in [0.1, 0.15) is 35.6 Å². The number of rotatable bonds is 4. The molecule has 0 aliphatic carbocycles. The average molecular weight is 424 g/mol.